The normalized spacial score (nSPS) is 24.3. The zero-order chi connectivity index (χ0) is 24.7. The molecule has 4 atom stereocenters. The van der Waals surface area contributed by atoms with Gasteiger partial charge in [-0.15, -0.1) is 0 Å². The van der Waals surface area contributed by atoms with Crippen molar-refractivity contribution in [3.63, 3.8) is 0 Å². The molecule has 180 valence electrons. The average Bonchev–Trinajstić information content (AvgIpc) is 3.52. The predicted molar refractivity (Wildman–Crippen MR) is 126 cm³/mol. The van der Waals surface area contributed by atoms with Gasteiger partial charge in [-0.3, -0.25) is 24.1 Å². The topological polar surface area (TPSA) is 122 Å². The minimum absolute atomic E-state index is 0.149. The number of benzene rings is 2. The summed E-state index contributed by atoms with van der Waals surface area (Å²) in [5.41, 5.74) is 1.57. The summed E-state index contributed by atoms with van der Waals surface area (Å²) < 4.78 is 5.13. The van der Waals surface area contributed by atoms with E-state index in [0.29, 0.717) is 17.1 Å². The second-order valence-corrected chi connectivity index (χ2v) is 9.33. The van der Waals surface area contributed by atoms with Crippen molar-refractivity contribution < 1.29 is 28.7 Å². The fourth-order valence-corrected chi connectivity index (χ4v) is 5.69. The van der Waals surface area contributed by atoms with Crippen molar-refractivity contribution in [3.8, 4) is 0 Å². The van der Waals surface area contributed by atoms with Crippen LogP contribution in [0.2, 0.25) is 0 Å². The monoisotopic (exact) mass is 475 g/mol. The third-order valence-corrected chi connectivity index (χ3v) is 7.09. The highest BCUT2D eigenvalue weighted by Crippen LogP contribution is 2.56. The number of rotatable bonds is 6. The maximum Gasteiger partial charge on any atom is 0.338 e. The highest BCUT2D eigenvalue weighted by molar-refractivity contribution is 6.22. The first-order chi connectivity index (χ1) is 16.8. The number of amides is 4. The third kappa shape index (κ3) is 4.29. The molecule has 0 aromatic heterocycles. The van der Waals surface area contributed by atoms with Crippen molar-refractivity contribution in [3.05, 3.63) is 54.1 Å². The van der Waals surface area contributed by atoms with Gasteiger partial charge < -0.3 is 15.4 Å². The first-order valence-corrected chi connectivity index (χ1v) is 11.6. The Morgan fingerprint density at radius 2 is 1.51 bits per heavy atom. The molecule has 9 nitrogen and oxygen atoms in total. The molecule has 1 saturated heterocycles. The highest BCUT2D eigenvalue weighted by Gasteiger charge is 2.61. The maximum atomic E-state index is 13.0. The Balaban J connectivity index is 1.20. The number of nitrogens with zero attached hydrogens (tertiary/aromatic N) is 1. The fraction of sp³-hybridized carbons (Fsp3) is 0.346. The van der Waals surface area contributed by atoms with Crippen LogP contribution in [0, 0.1) is 23.7 Å². The number of fused-ring (bicyclic) bond motifs is 5. The van der Waals surface area contributed by atoms with Crippen LogP contribution in [0.3, 0.4) is 0 Å². The predicted octanol–water partition coefficient (Wildman–Crippen LogP) is 2.98. The van der Waals surface area contributed by atoms with Crippen LogP contribution in [0.1, 0.15) is 36.5 Å². The quantitative estimate of drug-likeness (QED) is 0.489. The number of esters is 1. The minimum atomic E-state index is -0.734. The van der Waals surface area contributed by atoms with Crippen LogP contribution in [0.4, 0.5) is 17.1 Å². The van der Waals surface area contributed by atoms with Gasteiger partial charge in [0.25, 0.3) is 5.91 Å². The molecule has 2 bridgehead atoms. The van der Waals surface area contributed by atoms with Crippen LogP contribution in [-0.2, 0) is 23.9 Å². The van der Waals surface area contributed by atoms with Crippen molar-refractivity contribution >= 4 is 46.7 Å². The van der Waals surface area contributed by atoms with Crippen molar-refractivity contribution in [1.29, 1.82) is 0 Å². The summed E-state index contributed by atoms with van der Waals surface area (Å²) in [6.45, 7) is 0.890. The van der Waals surface area contributed by atoms with E-state index in [1.165, 1.54) is 24.0 Å². The second-order valence-electron chi connectivity index (χ2n) is 9.33. The zero-order valence-electron chi connectivity index (χ0n) is 19.2. The number of carbonyl (C=O) groups is 5. The fourth-order valence-electron chi connectivity index (χ4n) is 5.69. The lowest BCUT2D eigenvalue weighted by Crippen LogP contribution is -2.32. The van der Waals surface area contributed by atoms with Gasteiger partial charge in [-0.25, -0.2) is 4.79 Å². The average molecular weight is 476 g/mol. The molecule has 3 aliphatic rings. The third-order valence-electron chi connectivity index (χ3n) is 7.09. The molecule has 2 aromatic carbocycles. The molecule has 0 radical (unpaired) electrons. The van der Waals surface area contributed by atoms with E-state index >= 15 is 0 Å². The molecule has 2 aromatic rings. The zero-order valence-corrected chi connectivity index (χ0v) is 19.2. The first kappa shape index (κ1) is 22.8. The van der Waals surface area contributed by atoms with Crippen LogP contribution >= 0.6 is 0 Å². The van der Waals surface area contributed by atoms with Gasteiger partial charge in [0.1, 0.15) is 0 Å². The number of hydrogen-bond donors (Lipinski definition) is 2. The summed E-state index contributed by atoms with van der Waals surface area (Å²) >= 11 is 0. The minimum Gasteiger partial charge on any atom is -0.452 e. The van der Waals surface area contributed by atoms with Crippen LogP contribution in [0.25, 0.3) is 0 Å². The molecular weight excluding hydrogens is 450 g/mol. The summed E-state index contributed by atoms with van der Waals surface area (Å²) in [7, 11) is 0. The second kappa shape index (κ2) is 8.98. The Bertz CT molecular complexity index is 1200. The Labute approximate surface area is 201 Å². The van der Waals surface area contributed by atoms with Crippen molar-refractivity contribution in [2.24, 2.45) is 23.7 Å². The molecule has 9 heteroatoms. The lowest BCUT2D eigenvalue weighted by atomic mass is 9.81. The van der Waals surface area contributed by atoms with E-state index < -0.39 is 18.5 Å². The summed E-state index contributed by atoms with van der Waals surface area (Å²) in [6.07, 6.45) is 2.94. The summed E-state index contributed by atoms with van der Waals surface area (Å²) in [4.78, 5) is 63.1. The number of carbonyl (C=O) groups excluding carboxylic acids is 5. The van der Waals surface area contributed by atoms with Gasteiger partial charge in [0, 0.05) is 18.3 Å². The van der Waals surface area contributed by atoms with E-state index in [9.17, 15) is 24.0 Å². The van der Waals surface area contributed by atoms with E-state index in [2.05, 4.69) is 10.6 Å². The lowest BCUT2D eigenvalue weighted by molar-refractivity contribution is -0.123. The molecule has 0 spiro atoms. The van der Waals surface area contributed by atoms with Crippen LogP contribution in [0.15, 0.2) is 48.5 Å². The van der Waals surface area contributed by atoms with Crippen molar-refractivity contribution in [1.82, 2.24) is 0 Å². The largest absolute Gasteiger partial charge is 0.452 e. The van der Waals surface area contributed by atoms with Crippen LogP contribution < -0.4 is 15.5 Å². The van der Waals surface area contributed by atoms with E-state index in [-0.39, 0.29) is 47.0 Å². The number of hydrogen-bond acceptors (Lipinski definition) is 6. The van der Waals surface area contributed by atoms with Crippen LogP contribution in [-0.4, -0.2) is 36.2 Å². The standard InChI is InChI=1S/C26H25N3O6/c1-14(30)27-18-7-9-19(10-8-18)28-21(31)13-35-26(34)17-3-2-4-20(12-17)29-24(32)22-15-5-6-16(11-15)23(22)25(29)33/h2-4,7-10,12,15-16,22-23H,5-6,11,13H2,1H3,(H,27,30)(H,28,31)/t15-,16-,22-,23-/m0/s1. The van der Waals surface area contributed by atoms with Gasteiger partial charge in [-0.2, -0.15) is 0 Å². The molecule has 5 rings (SSSR count). The van der Waals surface area contributed by atoms with Gasteiger partial charge in [0.2, 0.25) is 17.7 Å². The molecular formula is C26H25N3O6. The molecule has 0 unspecified atom stereocenters. The smallest absolute Gasteiger partial charge is 0.338 e. The molecule has 4 amide bonds. The Kier molecular flexibility index (Phi) is 5.84. The summed E-state index contributed by atoms with van der Waals surface area (Å²) in [6, 6.07) is 12.7. The number of anilines is 3. The number of ether oxygens (including phenoxy) is 1. The molecule has 35 heavy (non-hydrogen) atoms. The van der Waals surface area contributed by atoms with E-state index in [0.717, 1.165) is 19.3 Å². The van der Waals surface area contributed by atoms with Gasteiger partial charge in [0.05, 0.1) is 23.1 Å². The van der Waals surface area contributed by atoms with Gasteiger partial charge >= 0.3 is 5.97 Å². The van der Waals surface area contributed by atoms with E-state index in [1.54, 1.807) is 36.4 Å². The van der Waals surface area contributed by atoms with Crippen molar-refractivity contribution in [2.45, 2.75) is 26.2 Å². The van der Waals surface area contributed by atoms with E-state index in [4.69, 9.17) is 4.74 Å². The molecule has 3 fully saturated rings. The Morgan fingerprint density at radius 3 is 2.11 bits per heavy atom. The number of nitrogens with one attached hydrogen (secondary N) is 2. The van der Waals surface area contributed by atoms with Crippen molar-refractivity contribution in [2.75, 3.05) is 22.1 Å². The summed E-state index contributed by atoms with van der Waals surface area (Å²) in [5, 5.41) is 5.23. The summed E-state index contributed by atoms with van der Waals surface area (Å²) in [5.74, 6) is -1.76. The van der Waals surface area contributed by atoms with Gasteiger partial charge in [0.15, 0.2) is 6.61 Å². The molecule has 1 aliphatic heterocycles. The van der Waals surface area contributed by atoms with E-state index in [1.807, 2.05) is 0 Å². The lowest BCUT2D eigenvalue weighted by Gasteiger charge is -2.19. The molecule has 2 aliphatic carbocycles. The SMILES string of the molecule is CC(=O)Nc1ccc(NC(=O)COC(=O)c2cccc(N3C(=O)[C@H]4[C@H]5CC[C@@H](C5)[C@@H]4C3=O)c2)cc1. The highest BCUT2D eigenvalue weighted by atomic mass is 16.5. The van der Waals surface area contributed by atoms with Gasteiger partial charge in [-0.1, -0.05) is 6.07 Å². The Morgan fingerprint density at radius 1 is 0.914 bits per heavy atom. The maximum absolute atomic E-state index is 13.0. The molecule has 1 heterocycles. The number of imide groups is 1. The Hall–Kier alpha value is -4.01. The molecule has 2 saturated carbocycles. The molecule has 2 N–H and O–H groups in total. The van der Waals surface area contributed by atoms with Crippen LogP contribution in [0.5, 0.6) is 0 Å². The first-order valence-electron chi connectivity index (χ1n) is 11.6. The van der Waals surface area contributed by atoms with Gasteiger partial charge in [-0.05, 0) is 73.6 Å².